The molecule has 0 spiro atoms. The fourth-order valence-electron chi connectivity index (χ4n) is 1.37. The van der Waals surface area contributed by atoms with E-state index in [0.29, 0.717) is 24.8 Å². The Morgan fingerprint density at radius 2 is 1.82 bits per heavy atom. The molecule has 1 aromatic heterocycles. The van der Waals surface area contributed by atoms with Crippen molar-refractivity contribution in [2.24, 2.45) is 0 Å². The number of aromatic nitrogens is 2. The molecule has 0 saturated carbocycles. The standard InChI is InChI=1S/C11H19N3O3/c1-9(2)17-11-4-3-10(12-13-11)14(5-7-15)6-8-16/h3-4,9,15-16H,5-8H2,1-2H3. The Bertz CT molecular complexity index is 310. The van der Waals surface area contributed by atoms with Gasteiger partial charge < -0.3 is 19.8 Å². The summed E-state index contributed by atoms with van der Waals surface area (Å²) >= 11 is 0. The van der Waals surface area contributed by atoms with E-state index in [0.717, 1.165) is 0 Å². The number of nitrogens with zero attached hydrogens (tertiary/aromatic N) is 3. The molecule has 0 saturated heterocycles. The van der Waals surface area contributed by atoms with Gasteiger partial charge in [-0.3, -0.25) is 0 Å². The third-order valence-electron chi connectivity index (χ3n) is 2.05. The summed E-state index contributed by atoms with van der Waals surface area (Å²) in [5, 5.41) is 25.7. The summed E-state index contributed by atoms with van der Waals surface area (Å²) in [6.07, 6.45) is 0.0566. The Balaban J connectivity index is 2.69. The lowest BCUT2D eigenvalue weighted by molar-refractivity contribution is 0.230. The van der Waals surface area contributed by atoms with Gasteiger partial charge in [0.2, 0.25) is 5.88 Å². The smallest absolute Gasteiger partial charge is 0.233 e. The van der Waals surface area contributed by atoms with Crippen LogP contribution in [0.4, 0.5) is 5.82 Å². The van der Waals surface area contributed by atoms with Crippen LogP contribution in [0.25, 0.3) is 0 Å². The maximum atomic E-state index is 8.90. The predicted molar refractivity (Wildman–Crippen MR) is 64.2 cm³/mol. The summed E-state index contributed by atoms with van der Waals surface area (Å²) < 4.78 is 5.38. The van der Waals surface area contributed by atoms with E-state index in [1.54, 1.807) is 17.0 Å². The highest BCUT2D eigenvalue weighted by Gasteiger charge is 2.08. The van der Waals surface area contributed by atoms with Gasteiger partial charge in [-0.15, -0.1) is 10.2 Å². The van der Waals surface area contributed by atoms with Crippen molar-refractivity contribution in [3.8, 4) is 5.88 Å². The van der Waals surface area contributed by atoms with Gasteiger partial charge in [0, 0.05) is 19.2 Å². The van der Waals surface area contributed by atoms with Crippen molar-refractivity contribution in [1.29, 1.82) is 0 Å². The molecule has 0 radical (unpaired) electrons. The molecule has 96 valence electrons. The molecule has 0 aliphatic carbocycles. The molecular formula is C11H19N3O3. The van der Waals surface area contributed by atoms with Crippen LogP contribution in [0.1, 0.15) is 13.8 Å². The SMILES string of the molecule is CC(C)Oc1ccc(N(CCO)CCO)nn1. The lowest BCUT2D eigenvalue weighted by Gasteiger charge is -2.21. The highest BCUT2D eigenvalue weighted by Crippen LogP contribution is 2.13. The Morgan fingerprint density at radius 3 is 2.24 bits per heavy atom. The highest BCUT2D eigenvalue weighted by molar-refractivity contribution is 5.38. The summed E-state index contributed by atoms with van der Waals surface area (Å²) in [4.78, 5) is 1.76. The van der Waals surface area contributed by atoms with Crippen LogP contribution in [0.2, 0.25) is 0 Å². The third-order valence-corrected chi connectivity index (χ3v) is 2.05. The molecule has 0 amide bonds. The minimum Gasteiger partial charge on any atom is -0.474 e. The number of ether oxygens (including phenoxy) is 1. The second-order valence-electron chi connectivity index (χ2n) is 3.83. The zero-order valence-corrected chi connectivity index (χ0v) is 10.2. The molecule has 1 heterocycles. The summed E-state index contributed by atoms with van der Waals surface area (Å²) in [6.45, 7) is 4.68. The number of rotatable bonds is 7. The normalized spacial score (nSPS) is 10.6. The summed E-state index contributed by atoms with van der Waals surface area (Å²) in [5.74, 6) is 1.08. The first-order valence-electron chi connectivity index (χ1n) is 5.64. The maximum absolute atomic E-state index is 8.90. The van der Waals surface area contributed by atoms with Crippen LogP contribution in [-0.2, 0) is 0 Å². The van der Waals surface area contributed by atoms with Crippen molar-refractivity contribution in [2.45, 2.75) is 20.0 Å². The van der Waals surface area contributed by atoms with E-state index in [9.17, 15) is 0 Å². The van der Waals surface area contributed by atoms with Crippen molar-refractivity contribution in [2.75, 3.05) is 31.2 Å². The minimum absolute atomic E-state index is 0.00588. The van der Waals surface area contributed by atoms with Crippen LogP contribution < -0.4 is 9.64 Å². The molecule has 0 bridgehead atoms. The largest absolute Gasteiger partial charge is 0.474 e. The topological polar surface area (TPSA) is 78.7 Å². The van der Waals surface area contributed by atoms with Crippen LogP contribution >= 0.6 is 0 Å². The van der Waals surface area contributed by atoms with Crippen LogP contribution in [0.3, 0.4) is 0 Å². The molecule has 6 heteroatoms. The van der Waals surface area contributed by atoms with Crippen molar-refractivity contribution < 1.29 is 14.9 Å². The lowest BCUT2D eigenvalue weighted by Crippen LogP contribution is -2.30. The van der Waals surface area contributed by atoms with E-state index in [4.69, 9.17) is 14.9 Å². The molecule has 1 aromatic rings. The van der Waals surface area contributed by atoms with Crippen molar-refractivity contribution in [3.05, 3.63) is 12.1 Å². The van der Waals surface area contributed by atoms with Gasteiger partial charge in [0.15, 0.2) is 5.82 Å². The van der Waals surface area contributed by atoms with E-state index in [-0.39, 0.29) is 19.3 Å². The van der Waals surface area contributed by atoms with Crippen molar-refractivity contribution in [1.82, 2.24) is 10.2 Å². The van der Waals surface area contributed by atoms with Crippen molar-refractivity contribution >= 4 is 5.82 Å². The molecule has 2 N–H and O–H groups in total. The molecule has 0 fully saturated rings. The third kappa shape index (κ3) is 4.54. The Hall–Kier alpha value is -1.40. The molecule has 17 heavy (non-hydrogen) atoms. The first kappa shape index (κ1) is 13.7. The van der Waals surface area contributed by atoms with Gasteiger partial charge in [0.05, 0.1) is 19.3 Å². The van der Waals surface area contributed by atoms with Gasteiger partial charge in [-0.25, -0.2) is 0 Å². The van der Waals surface area contributed by atoms with Crippen LogP contribution in [0, 0.1) is 0 Å². The van der Waals surface area contributed by atoms with E-state index >= 15 is 0 Å². The first-order chi connectivity index (χ1) is 8.17. The zero-order valence-electron chi connectivity index (χ0n) is 10.2. The second-order valence-corrected chi connectivity index (χ2v) is 3.83. The van der Waals surface area contributed by atoms with E-state index < -0.39 is 0 Å². The first-order valence-corrected chi connectivity index (χ1v) is 5.64. The summed E-state index contributed by atoms with van der Waals surface area (Å²) in [6, 6.07) is 3.49. The minimum atomic E-state index is 0.00588. The maximum Gasteiger partial charge on any atom is 0.233 e. The predicted octanol–water partition coefficient (Wildman–Crippen LogP) is 0.0548. The molecule has 0 atom stereocenters. The molecule has 0 aliphatic rings. The monoisotopic (exact) mass is 241 g/mol. The van der Waals surface area contributed by atoms with Crippen molar-refractivity contribution in [3.63, 3.8) is 0 Å². The average Bonchev–Trinajstić information content (AvgIpc) is 2.29. The van der Waals surface area contributed by atoms with Gasteiger partial charge in [-0.1, -0.05) is 0 Å². The number of anilines is 1. The van der Waals surface area contributed by atoms with Gasteiger partial charge in [-0.2, -0.15) is 0 Å². The number of aliphatic hydroxyl groups is 2. The quantitative estimate of drug-likeness (QED) is 0.702. The van der Waals surface area contributed by atoms with Gasteiger partial charge >= 0.3 is 0 Å². The molecule has 0 unspecified atom stereocenters. The summed E-state index contributed by atoms with van der Waals surface area (Å²) in [5.41, 5.74) is 0. The Kier molecular flexibility index (Phi) is 5.65. The highest BCUT2D eigenvalue weighted by atomic mass is 16.5. The van der Waals surface area contributed by atoms with Crippen LogP contribution in [0.15, 0.2) is 12.1 Å². The number of aliphatic hydroxyl groups excluding tert-OH is 2. The second kappa shape index (κ2) is 7.03. The Labute approximate surface area is 101 Å². The summed E-state index contributed by atoms with van der Waals surface area (Å²) in [7, 11) is 0. The fourth-order valence-corrected chi connectivity index (χ4v) is 1.37. The van der Waals surface area contributed by atoms with E-state index in [1.165, 1.54) is 0 Å². The van der Waals surface area contributed by atoms with E-state index in [1.807, 2.05) is 13.8 Å². The molecule has 0 aliphatic heterocycles. The van der Waals surface area contributed by atoms with Gasteiger partial charge in [-0.05, 0) is 19.9 Å². The molecule has 0 aromatic carbocycles. The van der Waals surface area contributed by atoms with Gasteiger partial charge in [0.25, 0.3) is 0 Å². The van der Waals surface area contributed by atoms with Crippen LogP contribution in [0.5, 0.6) is 5.88 Å². The van der Waals surface area contributed by atoms with E-state index in [2.05, 4.69) is 10.2 Å². The zero-order chi connectivity index (χ0) is 12.7. The van der Waals surface area contributed by atoms with Gasteiger partial charge in [0.1, 0.15) is 0 Å². The molecule has 1 rings (SSSR count). The molecular weight excluding hydrogens is 222 g/mol. The van der Waals surface area contributed by atoms with Crippen LogP contribution in [-0.4, -0.2) is 52.8 Å². The average molecular weight is 241 g/mol. The number of hydrogen-bond acceptors (Lipinski definition) is 6. The lowest BCUT2D eigenvalue weighted by atomic mass is 10.4. The number of hydrogen-bond donors (Lipinski definition) is 2. The molecule has 6 nitrogen and oxygen atoms in total. The Morgan fingerprint density at radius 1 is 1.18 bits per heavy atom. The fraction of sp³-hybridized carbons (Fsp3) is 0.636.